The van der Waals surface area contributed by atoms with Gasteiger partial charge in [-0.1, -0.05) is 22.9 Å². The third-order valence-corrected chi connectivity index (χ3v) is 3.33. The Morgan fingerprint density at radius 1 is 1.39 bits per heavy atom. The second-order valence-electron chi connectivity index (χ2n) is 4.17. The summed E-state index contributed by atoms with van der Waals surface area (Å²) in [6.45, 7) is 6.56. The maximum atomic E-state index is 9.89. The second kappa shape index (κ2) is 8.51. The Morgan fingerprint density at radius 3 is 2.83 bits per heavy atom. The van der Waals surface area contributed by atoms with Crippen molar-refractivity contribution in [3.63, 3.8) is 0 Å². The normalized spacial score (nSPS) is 12.6. The molecule has 2 N–H and O–H groups in total. The quantitative estimate of drug-likeness (QED) is 0.720. The van der Waals surface area contributed by atoms with Gasteiger partial charge >= 0.3 is 0 Å². The van der Waals surface area contributed by atoms with Crippen molar-refractivity contribution in [2.45, 2.75) is 32.7 Å². The standard InChI is InChI=1S/C14H22BrNO2/c1-3-13(16-8-5-9-18-4-2)12-10-11(15)6-7-14(12)17/h6-7,10,13,16-17H,3-5,8-9H2,1-2H3. The SMILES string of the molecule is CCOCCCNC(CC)c1cc(Br)ccc1O. The van der Waals surface area contributed by atoms with E-state index in [2.05, 4.69) is 28.2 Å². The van der Waals surface area contributed by atoms with E-state index in [0.29, 0.717) is 5.75 Å². The van der Waals surface area contributed by atoms with Crippen LogP contribution in [-0.4, -0.2) is 24.9 Å². The maximum absolute atomic E-state index is 9.89. The fraction of sp³-hybridized carbons (Fsp3) is 0.571. The molecule has 0 bridgehead atoms. The van der Waals surface area contributed by atoms with Crippen molar-refractivity contribution < 1.29 is 9.84 Å². The first kappa shape index (κ1) is 15.5. The van der Waals surface area contributed by atoms with Gasteiger partial charge in [0.2, 0.25) is 0 Å². The lowest BCUT2D eigenvalue weighted by Crippen LogP contribution is -2.23. The van der Waals surface area contributed by atoms with E-state index in [-0.39, 0.29) is 6.04 Å². The summed E-state index contributed by atoms with van der Waals surface area (Å²) in [5.74, 6) is 0.349. The molecule has 0 spiro atoms. The molecule has 0 aliphatic rings. The lowest BCUT2D eigenvalue weighted by molar-refractivity contribution is 0.144. The average Bonchev–Trinajstić information content (AvgIpc) is 2.37. The van der Waals surface area contributed by atoms with Gasteiger partial charge in [-0.2, -0.15) is 0 Å². The highest BCUT2D eigenvalue weighted by Crippen LogP contribution is 2.29. The molecule has 0 aromatic heterocycles. The third-order valence-electron chi connectivity index (χ3n) is 2.83. The van der Waals surface area contributed by atoms with Crippen LogP contribution in [0.25, 0.3) is 0 Å². The van der Waals surface area contributed by atoms with Crippen molar-refractivity contribution in [1.82, 2.24) is 5.32 Å². The van der Waals surface area contributed by atoms with Crippen molar-refractivity contribution in [3.05, 3.63) is 28.2 Å². The zero-order valence-corrected chi connectivity index (χ0v) is 12.7. The molecule has 0 fully saturated rings. The molecule has 18 heavy (non-hydrogen) atoms. The largest absolute Gasteiger partial charge is 0.508 e. The van der Waals surface area contributed by atoms with Crippen LogP contribution in [0.15, 0.2) is 22.7 Å². The number of aromatic hydroxyl groups is 1. The van der Waals surface area contributed by atoms with Gasteiger partial charge in [0.1, 0.15) is 5.75 Å². The Labute approximate surface area is 118 Å². The molecule has 1 aromatic rings. The number of rotatable bonds is 8. The Hall–Kier alpha value is -0.580. The molecule has 1 rings (SSSR count). The molecule has 0 amide bonds. The van der Waals surface area contributed by atoms with Crippen LogP contribution in [0.2, 0.25) is 0 Å². The summed E-state index contributed by atoms with van der Waals surface area (Å²) >= 11 is 3.44. The fourth-order valence-corrected chi connectivity index (χ4v) is 2.25. The van der Waals surface area contributed by atoms with Crippen LogP contribution in [0.5, 0.6) is 5.75 Å². The van der Waals surface area contributed by atoms with Gasteiger partial charge in [0, 0.05) is 29.3 Å². The molecule has 0 heterocycles. The molecular weight excluding hydrogens is 294 g/mol. The summed E-state index contributed by atoms with van der Waals surface area (Å²) in [5, 5.41) is 13.3. The first-order valence-electron chi connectivity index (χ1n) is 6.48. The van der Waals surface area contributed by atoms with Crippen LogP contribution in [-0.2, 0) is 4.74 Å². The van der Waals surface area contributed by atoms with Crippen LogP contribution < -0.4 is 5.32 Å². The third kappa shape index (κ3) is 4.96. The van der Waals surface area contributed by atoms with E-state index in [0.717, 1.165) is 42.6 Å². The van der Waals surface area contributed by atoms with Gasteiger partial charge in [0.25, 0.3) is 0 Å². The van der Waals surface area contributed by atoms with Crippen LogP contribution in [0, 0.1) is 0 Å². The van der Waals surface area contributed by atoms with E-state index in [4.69, 9.17) is 4.74 Å². The van der Waals surface area contributed by atoms with Crippen molar-refractivity contribution in [2.24, 2.45) is 0 Å². The van der Waals surface area contributed by atoms with Crippen molar-refractivity contribution in [2.75, 3.05) is 19.8 Å². The minimum atomic E-state index is 0.184. The van der Waals surface area contributed by atoms with Gasteiger partial charge in [-0.3, -0.25) is 0 Å². The Kier molecular flexibility index (Phi) is 7.32. The van der Waals surface area contributed by atoms with E-state index in [1.54, 1.807) is 6.07 Å². The van der Waals surface area contributed by atoms with E-state index >= 15 is 0 Å². The summed E-state index contributed by atoms with van der Waals surface area (Å²) in [6, 6.07) is 5.73. The molecule has 4 heteroatoms. The lowest BCUT2D eigenvalue weighted by atomic mass is 10.0. The van der Waals surface area contributed by atoms with Gasteiger partial charge in [-0.25, -0.2) is 0 Å². The highest BCUT2D eigenvalue weighted by molar-refractivity contribution is 9.10. The minimum absolute atomic E-state index is 0.184. The van der Waals surface area contributed by atoms with Crippen molar-refractivity contribution in [1.29, 1.82) is 0 Å². The molecular formula is C14H22BrNO2. The van der Waals surface area contributed by atoms with E-state index < -0.39 is 0 Å². The lowest BCUT2D eigenvalue weighted by Gasteiger charge is -2.19. The average molecular weight is 316 g/mol. The first-order chi connectivity index (χ1) is 8.69. The molecule has 1 aromatic carbocycles. The van der Waals surface area contributed by atoms with Crippen LogP contribution in [0.4, 0.5) is 0 Å². The zero-order valence-electron chi connectivity index (χ0n) is 11.1. The first-order valence-corrected chi connectivity index (χ1v) is 7.27. The van der Waals surface area contributed by atoms with Crippen LogP contribution in [0.3, 0.4) is 0 Å². The summed E-state index contributed by atoms with van der Waals surface area (Å²) < 4.78 is 6.29. The van der Waals surface area contributed by atoms with Crippen LogP contribution >= 0.6 is 15.9 Å². The molecule has 1 atom stereocenters. The van der Waals surface area contributed by atoms with E-state index in [1.165, 1.54) is 0 Å². The van der Waals surface area contributed by atoms with Gasteiger partial charge in [0.15, 0.2) is 0 Å². The minimum Gasteiger partial charge on any atom is -0.508 e. The number of benzene rings is 1. The number of halogens is 1. The Morgan fingerprint density at radius 2 is 2.17 bits per heavy atom. The number of phenols is 1. The Bertz CT molecular complexity index is 358. The van der Waals surface area contributed by atoms with Gasteiger partial charge in [-0.05, 0) is 44.5 Å². The van der Waals surface area contributed by atoms with Gasteiger partial charge < -0.3 is 15.2 Å². The fourth-order valence-electron chi connectivity index (χ4n) is 1.87. The summed E-state index contributed by atoms with van der Waals surface area (Å²) in [5.41, 5.74) is 0.947. The van der Waals surface area contributed by atoms with Gasteiger partial charge in [-0.15, -0.1) is 0 Å². The molecule has 0 aliphatic carbocycles. The van der Waals surface area contributed by atoms with Crippen LogP contribution in [0.1, 0.15) is 38.3 Å². The monoisotopic (exact) mass is 315 g/mol. The number of hydrogen-bond acceptors (Lipinski definition) is 3. The highest BCUT2D eigenvalue weighted by Gasteiger charge is 2.13. The predicted octanol–water partition coefficient (Wildman–Crippen LogP) is 3.62. The molecule has 102 valence electrons. The second-order valence-corrected chi connectivity index (χ2v) is 5.08. The highest BCUT2D eigenvalue weighted by atomic mass is 79.9. The number of ether oxygens (including phenoxy) is 1. The predicted molar refractivity (Wildman–Crippen MR) is 78.0 cm³/mol. The smallest absolute Gasteiger partial charge is 0.120 e. The summed E-state index contributed by atoms with van der Waals surface area (Å²) in [6.07, 6.45) is 1.93. The molecule has 0 aliphatic heterocycles. The topological polar surface area (TPSA) is 41.5 Å². The molecule has 0 saturated carbocycles. The van der Waals surface area contributed by atoms with Gasteiger partial charge in [0.05, 0.1) is 0 Å². The van der Waals surface area contributed by atoms with E-state index in [1.807, 2.05) is 19.1 Å². The molecule has 3 nitrogen and oxygen atoms in total. The zero-order chi connectivity index (χ0) is 13.4. The number of phenolic OH excluding ortho intramolecular Hbond substituents is 1. The Balaban J connectivity index is 2.52. The molecule has 1 unspecified atom stereocenters. The number of hydrogen-bond donors (Lipinski definition) is 2. The molecule has 0 radical (unpaired) electrons. The van der Waals surface area contributed by atoms with E-state index in [9.17, 15) is 5.11 Å². The summed E-state index contributed by atoms with van der Waals surface area (Å²) in [4.78, 5) is 0. The van der Waals surface area contributed by atoms with Crippen molar-refractivity contribution in [3.8, 4) is 5.75 Å². The molecule has 0 saturated heterocycles. The maximum Gasteiger partial charge on any atom is 0.120 e. The number of nitrogens with one attached hydrogen (secondary N) is 1. The summed E-state index contributed by atoms with van der Waals surface area (Å²) in [7, 11) is 0. The van der Waals surface area contributed by atoms with Crippen molar-refractivity contribution >= 4 is 15.9 Å².